The number of carboxylic acid groups (broad SMARTS) is 1. The Balaban J connectivity index is 2.02. The lowest BCUT2D eigenvalue weighted by Gasteiger charge is -2.08. The molecule has 2 aromatic carbocycles. The molecular formula is C14H12INO2. The highest BCUT2D eigenvalue weighted by molar-refractivity contribution is 14.1. The number of carboxylic acids is 1. The monoisotopic (exact) mass is 353 g/mol. The minimum atomic E-state index is -0.904. The molecule has 0 aliphatic rings. The predicted octanol–water partition coefficient (Wildman–Crippen LogP) is 3.60. The molecule has 0 aliphatic heterocycles. The molecule has 3 nitrogen and oxygen atoms in total. The third-order valence-electron chi connectivity index (χ3n) is 2.57. The first-order valence-corrected chi connectivity index (χ1v) is 6.55. The normalized spacial score (nSPS) is 10.1. The van der Waals surface area contributed by atoms with Crippen LogP contribution in [-0.4, -0.2) is 11.1 Å². The Hall–Kier alpha value is -1.56. The summed E-state index contributed by atoms with van der Waals surface area (Å²) in [4.78, 5) is 10.7. The fraction of sp³-hybridized carbons (Fsp3) is 0.0714. The fourth-order valence-corrected chi connectivity index (χ4v) is 2.15. The van der Waals surface area contributed by atoms with Crippen molar-refractivity contribution in [2.24, 2.45) is 0 Å². The van der Waals surface area contributed by atoms with Crippen molar-refractivity contribution >= 4 is 34.2 Å². The van der Waals surface area contributed by atoms with Gasteiger partial charge in [-0.05, 0) is 58.5 Å². The van der Waals surface area contributed by atoms with Crippen molar-refractivity contribution in [2.75, 3.05) is 5.32 Å². The van der Waals surface area contributed by atoms with Crippen LogP contribution in [0.15, 0.2) is 48.5 Å². The predicted molar refractivity (Wildman–Crippen MR) is 79.9 cm³/mol. The van der Waals surface area contributed by atoms with Gasteiger partial charge in [0.05, 0.1) is 5.56 Å². The summed E-state index contributed by atoms with van der Waals surface area (Å²) in [7, 11) is 0. The first kappa shape index (κ1) is 12.9. The highest BCUT2D eigenvalue weighted by Crippen LogP contribution is 2.15. The first-order chi connectivity index (χ1) is 8.66. The maximum Gasteiger partial charge on any atom is 0.335 e. The van der Waals surface area contributed by atoms with E-state index < -0.39 is 5.97 Å². The number of aromatic carboxylic acids is 1. The van der Waals surface area contributed by atoms with Crippen LogP contribution in [0.3, 0.4) is 0 Å². The highest BCUT2D eigenvalue weighted by atomic mass is 127. The van der Waals surface area contributed by atoms with Gasteiger partial charge in [0, 0.05) is 15.8 Å². The van der Waals surface area contributed by atoms with E-state index >= 15 is 0 Å². The molecule has 0 spiro atoms. The number of halogens is 1. The second-order valence-electron chi connectivity index (χ2n) is 3.83. The van der Waals surface area contributed by atoms with Crippen molar-refractivity contribution in [3.05, 3.63) is 63.2 Å². The Bertz CT molecular complexity index is 552. The molecule has 0 radical (unpaired) electrons. The lowest BCUT2D eigenvalue weighted by atomic mass is 10.2. The Labute approximate surface area is 119 Å². The summed E-state index contributed by atoms with van der Waals surface area (Å²) in [6, 6.07) is 14.9. The largest absolute Gasteiger partial charge is 0.478 e. The molecule has 0 saturated carbocycles. The number of hydrogen-bond donors (Lipinski definition) is 2. The van der Waals surface area contributed by atoms with Crippen LogP contribution in [0, 0.1) is 3.57 Å². The number of hydrogen-bond acceptors (Lipinski definition) is 2. The molecule has 92 valence electrons. The Morgan fingerprint density at radius 1 is 1.11 bits per heavy atom. The van der Waals surface area contributed by atoms with E-state index in [4.69, 9.17) is 5.11 Å². The minimum absolute atomic E-state index is 0.301. The van der Waals surface area contributed by atoms with Gasteiger partial charge in [0.15, 0.2) is 0 Å². The molecule has 0 unspecified atom stereocenters. The van der Waals surface area contributed by atoms with Gasteiger partial charge in [-0.2, -0.15) is 0 Å². The van der Waals surface area contributed by atoms with Crippen LogP contribution < -0.4 is 5.32 Å². The molecule has 0 aliphatic carbocycles. The molecule has 2 rings (SSSR count). The van der Waals surface area contributed by atoms with Gasteiger partial charge in [0.1, 0.15) is 0 Å². The third-order valence-corrected chi connectivity index (χ3v) is 3.63. The number of anilines is 1. The van der Waals surface area contributed by atoms with Crippen LogP contribution in [-0.2, 0) is 6.54 Å². The van der Waals surface area contributed by atoms with Gasteiger partial charge in [0.2, 0.25) is 0 Å². The second kappa shape index (κ2) is 5.86. The van der Waals surface area contributed by atoms with Gasteiger partial charge < -0.3 is 10.4 Å². The molecule has 0 amide bonds. The van der Waals surface area contributed by atoms with Crippen LogP contribution in [0.25, 0.3) is 0 Å². The van der Waals surface area contributed by atoms with E-state index in [1.165, 1.54) is 9.13 Å². The molecule has 0 heterocycles. The molecule has 0 saturated heterocycles. The minimum Gasteiger partial charge on any atom is -0.478 e. The van der Waals surface area contributed by atoms with Crippen LogP contribution in [0.5, 0.6) is 0 Å². The number of benzene rings is 2. The SMILES string of the molecule is O=C(O)c1ccc(NCc2ccccc2I)cc1. The third kappa shape index (κ3) is 3.22. The van der Waals surface area contributed by atoms with Crippen molar-refractivity contribution in [3.8, 4) is 0 Å². The van der Waals surface area contributed by atoms with E-state index in [-0.39, 0.29) is 0 Å². The summed E-state index contributed by atoms with van der Waals surface area (Å²) in [6.45, 7) is 0.728. The zero-order valence-electron chi connectivity index (χ0n) is 9.56. The number of carbonyl (C=O) groups is 1. The summed E-state index contributed by atoms with van der Waals surface area (Å²) < 4.78 is 1.21. The lowest BCUT2D eigenvalue weighted by Crippen LogP contribution is -2.02. The van der Waals surface area contributed by atoms with Gasteiger partial charge in [-0.15, -0.1) is 0 Å². The molecule has 0 fully saturated rings. The van der Waals surface area contributed by atoms with E-state index in [1.54, 1.807) is 24.3 Å². The van der Waals surface area contributed by atoms with Crippen molar-refractivity contribution < 1.29 is 9.90 Å². The highest BCUT2D eigenvalue weighted by Gasteiger charge is 2.02. The first-order valence-electron chi connectivity index (χ1n) is 5.47. The van der Waals surface area contributed by atoms with Gasteiger partial charge in [-0.3, -0.25) is 0 Å². The Kier molecular flexibility index (Phi) is 4.19. The molecule has 2 N–H and O–H groups in total. The molecule has 2 aromatic rings. The van der Waals surface area contributed by atoms with Gasteiger partial charge in [0.25, 0.3) is 0 Å². The molecule has 0 aromatic heterocycles. The van der Waals surface area contributed by atoms with Gasteiger partial charge in [-0.1, -0.05) is 18.2 Å². The lowest BCUT2D eigenvalue weighted by molar-refractivity contribution is 0.0697. The molecule has 0 atom stereocenters. The second-order valence-corrected chi connectivity index (χ2v) is 4.99. The van der Waals surface area contributed by atoms with Crippen LogP contribution in [0.1, 0.15) is 15.9 Å². The van der Waals surface area contributed by atoms with E-state index in [9.17, 15) is 4.79 Å². The average molecular weight is 353 g/mol. The number of nitrogens with one attached hydrogen (secondary N) is 1. The van der Waals surface area contributed by atoms with Crippen molar-refractivity contribution in [1.29, 1.82) is 0 Å². The smallest absolute Gasteiger partial charge is 0.335 e. The van der Waals surface area contributed by atoms with E-state index in [0.29, 0.717) is 5.56 Å². The summed E-state index contributed by atoms with van der Waals surface area (Å²) >= 11 is 2.30. The molecule has 18 heavy (non-hydrogen) atoms. The summed E-state index contributed by atoms with van der Waals surface area (Å²) in [5.74, 6) is -0.904. The maximum absolute atomic E-state index is 10.7. The fourth-order valence-electron chi connectivity index (χ4n) is 1.57. The summed E-state index contributed by atoms with van der Waals surface area (Å²) in [5, 5.41) is 12.1. The maximum atomic E-state index is 10.7. The summed E-state index contributed by atoms with van der Waals surface area (Å²) in [5.41, 5.74) is 2.44. The zero-order valence-corrected chi connectivity index (χ0v) is 11.7. The molecule has 4 heteroatoms. The topological polar surface area (TPSA) is 49.3 Å². The average Bonchev–Trinajstić information content (AvgIpc) is 2.38. The van der Waals surface area contributed by atoms with Crippen molar-refractivity contribution in [2.45, 2.75) is 6.54 Å². The standard InChI is InChI=1S/C14H12INO2/c15-13-4-2-1-3-11(13)9-16-12-7-5-10(6-8-12)14(17)18/h1-8,16H,9H2,(H,17,18). The van der Waals surface area contributed by atoms with Crippen molar-refractivity contribution in [3.63, 3.8) is 0 Å². The van der Waals surface area contributed by atoms with Crippen LogP contribution in [0.4, 0.5) is 5.69 Å². The van der Waals surface area contributed by atoms with Crippen LogP contribution in [0.2, 0.25) is 0 Å². The van der Waals surface area contributed by atoms with E-state index in [0.717, 1.165) is 12.2 Å². The molecular weight excluding hydrogens is 341 g/mol. The van der Waals surface area contributed by atoms with E-state index in [1.807, 2.05) is 12.1 Å². The quantitative estimate of drug-likeness (QED) is 0.826. The Morgan fingerprint density at radius 3 is 2.39 bits per heavy atom. The summed E-state index contributed by atoms with van der Waals surface area (Å²) in [6.07, 6.45) is 0. The van der Waals surface area contributed by atoms with Crippen LogP contribution >= 0.6 is 22.6 Å². The zero-order chi connectivity index (χ0) is 13.0. The van der Waals surface area contributed by atoms with Gasteiger partial charge >= 0.3 is 5.97 Å². The van der Waals surface area contributed by atoms with E-state index in [2.05, 4.69) is 40.0 Å². The Morgan fingerprint density at radius 2 is 1.78 bits per heavy atom. The molecule has 0 bridgehead atoms. The van der Waals surface area contributed by atoms with Gasteiger partial charge in [-0.25, -0.2) is 4.79 Å². The number of rotatable bonds is 4. The van der Waals surface area contributed by atoms with Crippen molar-refractivity contribution in [1.82, 2.24) is 0 Å².